The maximum atomic E-state index is 12.3. The number of hydrogen-bond acceptors (Lipinski definition) is 3. The van der Waals surface area contributed by atoms with Crippen molar-refractivity contribution in [3.05, 3.63) is 48.5 Å². The minimum absolute atomic E-state index is 0.0367. The molecule has 24 heavy (non-hydrogen) atoms. The van der Waals surface area contributed by atoms with Gasteiger partial charge in [0, 0.05) is 18.3 Å². The molecule has 2 aromatic carbocycles. The summed E-state index contributed by atoms with van der Waals surface area (Å²) in [6.07, 6.45) is 1.95. The largest absolute Gasteiger partial charge is 0.327 e. The standard InChI is InChI=1S/C19H20N4O/c1-23-17-10-3-2-8-15(17)22-18(23)13-6-4-7-14(12-13)21-19(24)16-9-5-11-20-16/h2-4,6-8,10,12,16,20H,5,9,11H2,1H3,(H,21,24). The van der Waals surface area contributed by atoms with Gasteiger partial charge < -0.3 is 15.2 Å². The molecular weight excluding hydrogens is 300 g/mol. The number of para-hydroxylation sites is 2. The van der Waals surface area contributed by atoms with Crippen molar-refractivity contribution in [1.29, 1.82) is 0 Å². The van der Waals surface area contributed by atoms with Crippen LogP contribution in [0.1, 0.15) is 12.8 Å². The third-order valence-electron chi connectivity index (χ3n) is 4.55. The number of nitrogens with one attached hydrogen (secondary N) is 2. The summed E-state index contributed by atoms with van der Waals surface area (Å²) in [5, 5.41) is 6.23. The normalized spacial score (nSPS) is 17.3. The maximum Gasteiger partial charge on any atom is 0.241 e. The highest BCUT2D eigenvalue weighted by Crippen LogP contribution is 2.25. The molecular formula is C19H20N4O. The first-order valence-corrected chi connectivity index (χ1v) is 8.28. The first-order valence-electron chi connectivity index (χ1n) is 8.28. The summed E-state index contributed by atoms with van der Waals surface area (Å²) in [6, 6.07) is 15.9. The monoisotopic (exact) mass is 320 g/mol. The predicted octanol–water partition coefficient (Wildman–Crippen LogP) is 2.93. The Morgan fingerprint density at radius 3 is 2.92 bits per heavy atom. The topological polar surface area (TPSA) is 59.0 Å². The summed E-state index contributed by atoms with van der Waals surface area (Å²) >= 11 is 0. The minimum atomic E-state index is -0.0793. The maximum absolute atomic E-state index is 12.3. The van der Waals surface area contributed by atoms with Gasteiger partial charge in [-0.3, -0.25) is 4.79 Å². The Bertz CT molecular complexity index is 893. The second-order valence-corrected chi connectivity index (χ2v) is 6.20. The number of fused-ring (bicyclic) bond motifs is 1. The van der Waals surface area contributed by atoms with E-state index in [0.717, 1.165) is 47.5 Å². The van der Waals surface area contributed by atoms with Crippen molar-refractivity contribution >= 4 is 22.6 Å². The molecule has 5 heteroatoms. The van der Waals surface area contributed by atoms with Gasteiger partial charge in [0.05, 0.1) is 17.1 Å². The molecule has 0 aliphatic carbocycles. The number of imidazole rings is 1. The first-order chi connectivity index (χ1) is 11.7. The van der Waals surface area contributed by atoms with Crippen LogP contribution in [0.15, 0.2) is 48.5 Å². The van der Waals surface area contributed by atoms with E-state index in [4.69, 9.17) is 4.98 Å². The number of aromatic nitrogens is 2. The molecule has 0 saturated carbocycles. The smallest absolute Gasteiger partial charge is 0.241 e. The molecule has 3 aromatic rings. The van der Waals surface area contributed by atoms with E-state index in [9.17, 15) is 4.79 Å². The van der Waals surface area contributed by atoms with Gasteiger partial charge in [0.15, 0.2) is 0 Å². The number of carbonyl (C=O) groups excluding carboxylic acids is 1. The van der Waals surface area contributed by atoms with E-state index in [-0.39, 0.29) is 11.9 Å². The Labute approximate surface area is 140 Å². The highest BCUT2D eigenvalue weighted by atomic mass is 16.2. The van der Waals surface area contributed by atoms with Gasteiger partial charge in [-0.25, -0.2) is 4.98 Å². The van der Waals surface area contributed by atoms with Crippen LogP contribution in [0.2, 0.25) is 0 Å². The van der Waals surface area contributed by atoms with Gasteiger partial charge in [0.2, 0.25) is 5.91 Å². The summed E-state index contributed by atoms with van der Waals surface area (Å²) in [5.74, 6) is 0.931. The lowest BCUT2D eigenvalue weighted by atomic mass is 10.1. The molecule has 0 radical (unpaired) electrons. The molecule has 1 aromatic heterocycles. The molecule has 122 valence electrons. The van der Waals surface area contributed by atoms with Crippen LogP contribution >= 0.6 is 0 Å². The number of aryl methyl sites for hydroxylation is 1. The Balaban J connectivity index is 1.64. The summed E-state index contributed by atoms with van der Waals surface area (Å²) in [6.45, 7) is 0.915. The molecule has 2 heterocycles. The van der Waals surface area contributed by atoms with Crippen LogP contribution in [0.25, 0.3) is 22.4 Å². The quantitative estimate of drug-likeness (QED) is 0.780. The number of anilines is 1. The molecule has 5 nitrogen and oxygen atoms in total. The van der Waals surface area contributed by atoms with E-state index >= 15 is 0 Å². The van der Waals surface area contributed by atoms with E-state index in [1.807, 2.05) is 49.5 Å². The zero-order valence-electron chi connectivity index (χ0n) is 13.6. The number of hydrogen-bond donors (Lipinski definition) is 2. The SMILES string of the molecule is Cn1c(-c2cccc(NC(=O)C3CCCN3)c2)nc2ccccc21. The molecule has 0 bridgehead atoms. The Hall–Kier alpha value is -2.66. The summed E-state index contributed by atoms with van der Waals surface area (Å²) in [4.78, 5) is 17.0. The van der Waals surface area contributed by atoms with Gasteiger partial charge >= 0.3 is 0 Å². The Kier molecular flexibility index (Phi) is 3.78. The van der Waals surface area contributed by atoms with Crippen LogP contribution in [0, 0.1) is 0 Å². The van der Waals surface area contributed by atoms with Gasteiger partial charge in [-0.05, 0) is 43.7 Å². The highest BCUT2D eigenvalue weighted by Gasteiger charge is 2.22. The molecule has 1 aliphatic heterocycles. The third-order valence-corrected chi connectivity index (χ3v) is 4.55. The van der Waals surface area contributed by atoms with Gasteiger partial charge in [0.1, 0.15) is 5.82 Å². The van der Waals surface area contributed by atoms with E-state index in [0.29, 0.717) is 0 Å². The van der Waals surface area contributed by atoms with Gasteiger partial charge in [-0.2, -0.15) is 0 Å². The van der Waals surface area contributed by atoms with Crippen LogP contribution in [0.4, 0.5) is 5.69 Å². The van der Waals surface area contributed by atoms with Crippen molar-refractivity contribution in [2.24, 2.45) is 7.05 Å². The average molecular weight is 320 g/mol. The first kappa shape index (κ1) is 14.9. The highest BCUT2D eigenvalue weighted by molar-refractivity contribution is 5.95. The average Bonchev–Trinajstić information content (AvgIpc) is 3.24. The van der Waals surface area contributed by atoms with E-state index in [1.165, 1.54) is 0 Å². The zero-order chi connectivity index (χ0) is 16.5. The number of rotatable bonds is 3. The van der Waals surface area contributed by atoms with Crippen LogP contribution in [0.3, 0.4) is 0 Å². The van der Waals surface area contributed by atoms with Crippen molar-refractivity contribution in [3.8, 4) is 11.4 Å². The number of amides is 1. The molecule has 1 saturated heterocycles. The molecule has 1 atom stereocenters. The lowest BCUT2D eigenvalue weighted by Crippen LogP contribution is -2.35. The second kappa shape index (κ2) is 6.09. The van der Waals surface area contributed by atoms with Crippen LogP contribution in [0.5, 0.6) is 0 Å². The summed E-state index contributed by atoms with van der Waals surface area (Å²) < 4.78 is 2.08. The molecule has 1 fully saturated rings. The van der Waals surface area contributed by atoms with E-state index in [2.05, 4.69) is 21.3 Å². The van der Waals surface area contributed by atoms with Gasteiger partial charge in [-0.15, -0.1) is 0 Å². The van der Waals surface area contributed by atoms with Crippen molar-refractivity contribution in [2.75, 3.05) is 11.9 Å². The summed E-state index contributed by atoms with van der Waals surface area (Å²) in [5.41, 5.74) is 3.86. The molecule has 1 amide bonds. The fraction of sp³-hybridized carbons (Fsp3) is 0.263. The number of carbonyl (C=O) groups is 1. The minimum Gasteiger partial charge on any atom is -0.327 e. The molecule has 2 N–H and O–H groups in total. The molecule has 1 unspecified atom stereocenters. The molecule has 1 aliphatic rings. The lowest BCUT2D eigenvalue weighted by molar-refractivity contribution is -0.117. The Morgan fingerprint density at radius 2 is 2.12 bits per heavy atom. The Morgan fingerprint density at radius 1 is 1.25 bits per heavy atom. The fourth-order valence-corrected chi connectivity index (χ4v) is 3.28. The van der Waals surface area contributed by atoms with Crippen molar-refractivity contribution in [2.45, 2.75) is 18.9 Å². The van der Waals surface area contributed by atoms with Gasteiger partial charge in [0.25, 0.3) is 0 Å². The molecule has 0 spiro atoms. The van der Waals surface area contributed by atoms with Crippen LogP contribution in [-0.4, -0.2) is 28.0 Å². The second-order valence-electron chi connectivity index (χ2n) is 6.20. The molecule has 4 rings (SSSR count). The number of nitrogens with zero attached hydrogens (tertiary/aromatic N) is 2. The van der Waals surface area contributed by atoms with E-state index in [1.54, 1.807) is 0 Å². The van der Waals surface area contributed by atoms with Crippen LogP contribution < -0.4 is 10.6 Å². The van der Waals surface area contributed by atoms with Crippen molar-refractivity contribution < 1.29 is 4.79 Å². The van der Waals surface area contributed by atoms with E-state index < -0.39 is 0 Å². The van der Waals surface area contributed by atoms with Crippen LogP contribution in [-0.2, 0) is 11.8 Å². The van der Waals surface area contributed by atoms with Crippen molar-refractivity contribution in [1.82, 2.24) is 14.9 Å². The third kappa shape index (κ3) is 2.67. The predicted molar refractivity (Wildman–Crippen MR) is 95.8 cm³/mol. The van der Waals surface area contributed by atoms with Crippen molar-refractivity contribution in [3.63, 3.8) is 0 Å². The summed E-state index contributed by atoms with van der Waals surface area (Å²) in [7, 11) is 2.01. The lowest BCUT2D eigenvalue weighted by Gasteiger charge is -2.12. The number of benzene rings is 2. The zero-order valence-corrected chi connectivity index (χ0v) is 13.6. The fourth-order valence-electron chi connectivity index (χ4n) is 3.28. The van der Waals surface area contributed by atoms with Gasteiger partial charge in [-0.1, -0.05) is 24.3 Å².